The van der Waals surface area contributed by atoms with Crippen LogP contribution in [0.1, 0.15) is 77.0 Å². The summed E-state index contributed by atoms with van der Waals surface area (Å²) >= 11 is 0. The second-order valence-electron chi connectivity index (χ2n) is 16.9. The first-order valence-corrected chi connectivity index (χ1v) is 20.7. The first-order chi connectivity index (χ1) is 24.1. The van der Waals surface area contributed by atoms with Crippen LogP contribution >= 0.6 is 0 Å². The van der Waals surface area contributed by atoms with Crippen LogP contribution in [0.3, 0.4) is 0 Å². The van der Waals surface area contributed by atoms with Crippen LogP contribution in [0.2, 0.25) is 0 Å². The number of carboxylic acids is 2. The van der Waals surface area contributed by atoms with E-state index in [1.54, 1.807) is 6.08 Å². The zero-order valence-corrected chi connectivity index (χ0v) is 29.2. The van der Waals surface area contributed by atoms with Crippen molar-refractivity contribution in [2.45, 2.75) is 131 Å². The predicted molar refractivity (Wildman–Crippen MR) is 181 cm³/mol. The molecule has 5 aliphatic heterocycles. The molecule has 16 heteroatoms. The molecule has 0 spiro atoms. The lowest BCUT2D eigenvalue weighted by atomic mass is 9.69. The molecule has 8 fully saturated rings. The highest BCUT2D eigenvalue weighted by Crippen LogP contribution is 2.50. The Bertz CT molecular complexity index is 1500. The van der Waals surface area contributed by atoms with E-state index >= 15 is 0 Å². The zero-order chi connectivity index (χ0) is 34.5. The van der Waals surface area contributed by atoms with Crippen LogP contribution in [0.15, 0.2) is 12.2 Å². The third-order valence-corrected chi connectivity index (χ3v) is 16.3. The Morgan fingerprint density at radius 3 is 1.16 bits per heavy atom. The minimum atomic E-state index is -5.44. The van der Waals surface area contributed by atoms with E-state index < -0.39 is 56.9 Å². The van der Waals surface area contributed by atoms with Gasteiger partial charge in [0.25, 0.3) is 10.1 Å². The van der Waals surface area contributed by atoms with E-state index in [9.17, 15) is 32.8 Å². The molecular weight excluding hydrogens is 664 g/mol. The number of carbonyl (C=O) groups is 2. The Morgan fingerprint density at radius 1 is 0.520 bits per heavy atom. The molecule has 4 aliphatic carbocycles. The molecule has 8 bridgehead atoms. The zero-order valence-electron chi connectivity index (χ0n) is 28.3. The highest BCUT2D eigenvalue weighted by atomic mass is 32.2. The van der Waals surface area contributed by atoms with E-state index in [2.05, 4.69) is 42.5 Å². The average molecular weight is 719 g/mol. The lowest BCUT2D eigenvalue weighted by molar-refractivity contribution is -0.153. The average Bonchev–Trinajstić information content (AvgIpc) is 3.83. The molecule has 0 aromatic rings. The van der Waals surface area contributed by atoms with Crippen molar-refractivity contribution in [3.8, 4) is 0 Å². The number of aliphatic carboxylic acids is 2. The summed E-state index contributed by atoms with van der Waals surface area (Å²) in [6, 6.07) is 0. The van der Waals surface area contributed by atoms with Crippen molar-refractivity contribution in [3.05, 3.63) is 12.2 Å². The predicted octanol–water partition coefficient (Wildman–Crippen LogP) is 0.0134. The topological polar surface area (TPSA) is 225 Å². The summed E-state index contributed by atoms with van der Waals surface area (Å²) in [5, 5.41) is 51.8. The summed E-state index contributed by atoms with van der Waals surface area (Å²) in [5.74, 6) is -5.31. The molecule has 5 heterocycles. The Labute approximate surface area is 293 Å². The Hall–Kier alpha value is -1.73. The van der Waals surface area contributed by atoms with Crippen molar-refractivity contribution in [1.82, 2.24) is 42.5 Å². The fourth-order valence-corrected chi connectivity index (χ4v) is 14.0. The molecule has 18 unspecified atom stereocenters. The molecule has 15 nitrogen and oxygen atoms in total. The largest absolute Gasteiger partial charge is 0.481 e. The monoisotopic (exact) mass is 718 g/mol. The van der Waals surface area contributed by atoms with Gasteiger partial charge in [0, 0.05) is 11.8 Å². The molecule has 11 N–H and O–H groups in total. The number of nitrogens with one attached hydrogen (secondary N) is 8. The molecule has 5 saturated heterocycles. The van der Waals surface area contributed by atoms with E-state index in [1.807, 2.05) is 0 Å². The molecule has 0 amide bonds. The van der Waals surface area contributed by atoms with Gasteiger partial charge in [-0.05, 0) is 74.0 Å². The lowest BCUT2D eigenvalue weighted by Gasteiger charge is -2.43. The second kappa shape index (κ2) is 12.7. The summed E-state index contributed by atoms with van der Waals surface area (Å²) in [6.45, 7) is 0. The fourth-order valence-electron chi connectivity index (χ4n) is 12.7. The van der Waals surface area contributed by atoms with Gasteiger partial charge in [-0.2, -0.15) is 8.42 Å². The SMILES string of the molecule is O=C(O)C1C=CC2C3NC4NC(NC5NC(NC6NC(NC(N3)C2C1(C(=O)O)S(=O)(=O)O)C1CCCCC61)C1CCCCC51)C1CCCCC41. The third kappa shape index (κ3) is 5.18. The Balaban J connectivity index is 1.14. The highest BCUT2D eigenvalue weighted by Gasteiger charge is 2.71. The van der Waals surface area contributed by atoms with Crippen LogP contribution < -0.4 is 42.5 Å². The van der Waals surface area contributed by atoms with Gasteiger partial charge in [-0.3, -0.25) is 56.7 Å². The van der Waals surface area contributed by atoms with Crippen molar-refractivity contribution in [2.75, 3.05) is 0 Å². The van der Waals surface area contributed by atoms with Gasteiger partial charge in [0.1, 0.15) is 5.92 Å². The summed E-state index contributed by atoms with van der Waals surface area (Å²) in [6.07, 6.45) is 14.6. The molecule has 0 aromatic carbocycles. The normalized spacial score (nSPS) is 52.8. The van der Waals surface area contributed by atoms with Gasteiger partial charge in [-0.15, -0.1) is 0 Å². The standard InChI is InChI=1S/C34H54N8O7S/c43-32(44)22-14-13-21-23(34(22,33(45)46)50(47,48)49)31-41-29-20-12-6-5-11-19(20)27(39-29)37-25-16-8-2-1-7-15(16)24(35-25)36-26-17-9-3-4-10-18(17)28(38-26)40-30(21)42-31/h13-31,35-42H,1-12H2,(H,43,44)(H,45,46)(H,47,48,49). The first-order valence-electron chi connectivity index (χ1n) is 19.3. The van der Waals surface area contributed by atoms with Crippen molar-refractivity contribution in [2.24, 2.45) is 53.3 Å². The number of hydrogen-bond acceptors (Lipinski definition) is 12. The van der Waals surface area contributed by atoms with Crippen molar-refractivity contribution in [3.63, 3.8) is 0 Å². The van der Waals surface area contributed by atoms with Crippen LogP contribution in [0.25, 0.3) is 0 Å². The molecule has 50 heavy (non-hydrogen) atoms. The summed E-state index contributed by atoms with van der Waals surface area (Å²) in [4.78, 5) is 25.9. The van der Waals surface area contributed by atoms with Gasteiger partial charge >= 0.3 is 11.9 Å². The number of hydrogen-bond donors (Lipinski definition) is 11. The number of carboxylic acid groups (broad SMARTS) is 2. The molecule has 3 saturated carbocycles. The van der Waals surface area contributed by atoms with E-state index in [1.165, 1.54) is 25.7 Å². The van der Waals surface area contributed by atoms with E-state index in [4.69, 9.17) is 0 Å². The summed E-state index contributed by atoms with van der Waals surface area (Å²) in [7, 11) is -5.44. The molecule has 18 atom stereocenters. The summed E-state index contributed by atoms with van der Waals surface area (Å²) in [5.41, 5.74) is 0. The smallest absolute Gasteiger partial charge is 0.329 e. The Morgan fingerprint density at radius 2 is 0.840 bits per heavy atom. The molecule has 0 radical (unpaired) electrons. The number of fused-ring (bicyclic) bond motifs is 20. The van der Waals surface area contributed by atoms with Gasteiger partial charge in [-0.25, -0.2) is 0 Å². The van der Waals surface area contributed by atoms with Gasteiger partial charge in [0.2, 0.25) is 4.75 Å². The molecule has 0 aromatic heterocycles. The van der Waals surface area contributed by atoms with Crippen LogP contribution in [-0.4, -0.2) is 89.2 Å². The van der Waals surface area contributed by atoms with Gasteiger partial charge in [0.15, 0.2) is 0 Å². The first kappa shape index (κ1) is 34.1. The maximum Gasteiger partial charge on any atom is 0.329 e. The van der Waals surface area contributed by atoms with Crippen molar-refractivity contribution >= 4 is 22.1 Å². The fraction of sp³-hybridized carbons (Fsp3) is 0.882. The third-order valence-electron chi connectivity index (χ3n) is 14.7. The van der Waals surface area contributed by atoms with E-state index in [0.717, 1.165) is 57.4 Å². The summed E-state index contributed by atoms with van der Waals surface area (Å²) < 4.78 is 34.7. The van der Waals surface area contributed by atoms with Crippen LogP contribution in [0.4, 0.5) is 0 Å². The molecular formula is C34H54N8O7S. The van der Waals surface area contributed by atoms with Gasteiger partial charge in [-0.1, -0.05) is 50.7 Å². The van der Waals surface area contributed by atoms with Crippen LogP contribution in [0, 0.1) is 53.3 Å². The van der Waals surface area contributed by atoms with E-state index in [0.29, 0.717) is 29.6 Å². The number of rotatable bonds is 3. The maximum atomic E-state index is 13.4. The second-order valence-corrected chi connectivity index (χ2v) is 18.5. The minimum absolute atomic E-state index is 0.0174. The minimum Gasteiger partial charge on any atom is -0.481 e. The molecule has 9 rings (SSSR count). The van der Waals surface area contributed by atoms with Gasteiger partial charge in [0.05, 0.1) is 49.3 Å². The van der Waals surface area contributed by atoms with Crippen molar-refractivity contribution < 1.29 is 32.8 Å². The quantitative estimate of drug-likeness (QED) is 0.137. The highest BCUT2D eigenvalue weighted by molar-refractivity contribution is 7.88. The van der Waals surface area contributed by atoms with Crippen molar-refractivity contribution in [1.29, 1.82) is 0 Å². The molecule has 9 aliphatic rings. The van der Waals surface area contributed by atoms with Crippen LogP contribution in [-0.2, 0) is 19.7 Å². The maximum absolute atomic E-state index is 13.4. The van der Waals surface area contributed by atoms with Crippen LogP contribution in [0.5, 0.6) is 0 Å². The van der Waals surface area contributed by atoms with E-state index in [-0.39, 0.29) is 42.9 Å². The Kier molecular flexibility index (Phi) is 8.65. The molecule has 278 valence electrons. The van der Waals surface area contributed by atoms with Gasteiger partial charge < -0.3 is 10.2 Å². The lowest BCUT2D eigenvalue weighted by Crippen LogP contribution is -2.67.